The molecule has 0 aliphatic heterocycles. The summed E-state index contributed by atoms with van der Waals surface area (Å²) in [6.45, 7) is 0. The average Bonchev–Trinajstić information content (AvgIpc) is 3.56. The molecule has 0 unspecified atom stereocenters. The van der Waals surface area contributed by atoms with Gasteiger partial charge in [0, 0.05) is 27.5 Å². The average molecular weight is 650 g/mol. The molecule has 0 fully saturated rings. The maximum Gasteiger partial charge on any atom is 0.164 e. The van der Waals surface area contributed by atoms with Gasteiger partial charge in [0.05, 0.1) is 0 Å². The number of hydrogen-bond acceptors (Lipinski definition) is 4. The van der Waals surface area contributed by atoms with Crippen LogP contribution in [0.5, 0.6) is 0 Å². The summed E-state index contributed by atoms with van der Waals surface area (Å²) in [5.41, 5.74) is 7.75. The number of hydrogen-bond donors (Lipinski definition) is 0. The zero-order chi connectivity index (χ0) is 37.3. The summed E-state index contributed by atoms with van der Waals surface area (Å²) in [7, 11) is 62.1. The van der Waals surface area contributed by atoms with Gasteiger partial charge in [-0.15, -0.1) is 32.8 Å². The highest BCUT2D eigenvalue weighted by atomic mass is 16.3. The molecule has 8 aromatic rings. The largest absolute Gasteiger partial charge is 0.456 e. The van der Waals surface area contributed by atoms with Gasteiger partial charge in [0.25, 0.3) is 0 Å². The van der Waals surface area contributed by atoms with Crippen LogP contribution in [0.25, 0.3) is 78.4 Å². The van der Waals surface area contributed by atoms with Crippen molar-refractivity contribution < 1.29 is 4.42 Å². The molecule has 0 N–H and O–H groups in total. The van der Waals surface area contributed by atoms with Crippen molar-refractivity contribution in [3.05, 3.63) is 91.0 Å². The Morgan fingerprint density at radius 1 is 0.358 bits per heavy atom. The van der Waals surface area contributed by atoms with E-state index in [2.05, 4.69) is 0 Å². The molecule has 8 rings (SSSR count). The second-order valence-corrected chi connectivity index (χ2v) is 12.6. The van der Waals surface area contributed by atoms with Gasteiger partial charge in [0.15, 0.2) is 17.5 Å². The van der Waals surface area contributed by atoms with E-state index >= 15 is 0 Å². The Morgan fingerprint density at radius 2 is 0.811 bits per heavy atom. The molecule has 0 amide bonds. The van der Waals surface area contributed by atoms with Gasteiger partial charge in [-0.3, -0.25) is 0 Å². The third-order valence-electron chi connectivity index (χ3n) is 9.52. The van der Waals surface area contributed by atoms with E-state index in [9.17, 15) is 0 Å². The minimum absolute atomic E-state index is 0.146. The third-order valence-corrected chi connectivity index (χ3v) is 9.52. The first-order valence-corrected chi connectivity index (χ1v) is 16.4. The molecule has 0 aliphatic rings. The summed E-state index contributed by atoms with van der Waals surface area (Å²) >= 11 is 0. The summed E-state index contributed by atoms with van der Waals surface area (Å²) in [6.07, 6.45) is 0. The molecular formula is C39H15B10N3O. The molecule has 0 atom stereocenters. The monoisotopic (exact) mass is 651 g/mol. The lowest BCUT2D eigenvalue weighted by molar-refractivity contribution is 0.669. The predicted octanol–water partition coefficient (Wildman–Crippen LogP) is -1.96. The van der Waals surface area contributed by atoms with Crippen LogP contribution in [0.15, 0.2) is 95.4 Å². The number of rotatable bonds is 5. The molecule has 14 heteroatoms. The van der Waals surface area contributed by atoms with Crippen molar-refractivity contribution in [2.75, 3.05) is 0 Å². The van der Waals surface area contributed by atoms with E-state index in [0.29, 0.717) is 56.5 Å². The molecule has 0 spiro atoms. The SMILES string of the molecule is [B]c1c([B])c([B])c(-c2ccc(-c3nc(-c4ccccc4)nc(-c4cccc5oc6cc(-c7c([B])c([B])c([B])c([B])c7[B])ccc6c45)n3)cc2)c([B])c1[B]. The Hall–Kier alpha value is -5.22. The molecule has 6 aromatic carbocycles. The number of furan rings is 1. The van der Waals surface area contributed by atoms with E-state index in [1.807, 2.05) is 91.0 Å². The van der Waals surface area contributed by atoms with Crippen LogP contribution in [-0.4, -0.2) is 93.4 Å². The van der Waals surface area contributed by atoms with Gasteiger partial charge < -0.3 is 4.42 Å². The van der Waals surface area contributed by atoms with Crippen molar-refractivity contribution in [3.63, 3.8) is 0 Å². The van der Waals surface area contributed by atoms with Gasteiger partial charge >= 0.3 is 0 Å². The highest BCUT2D eigenvalue weighted by molar-refractivity contribution is 6.69. The van der Waals surface area contributed by atoms with Gasteiger partial charge in [-0.25, -0.2) is 15.0 Å². The molecule has 0 saturated carbocycles. The normalized spacial score (nSPS) is 11.4. The van der Waals surface area contributed by atoms with Gasteiger partial charge in [0.2, 0.25) is 0 Å². The van der Waals surface area contributed by atoms with E-state index in [1.54, 1.807) is 0 Å². The van der Waals surface area contributed by atoms with Crippen LogP contribution in [0.1, 0.15) is 0 Å². The van der Waals surface area contributed by atoms with Crippen LogP contribution < -0.4 is 54.6 Å². The Kier molecular flexibility index (Phi) is 8.76. The van der Waals surface area contributed by atoms with Crippen molar-refractivity contribution in [3.8, 4) is 56.4 Å². The van der Waals surface area contributed by atoms with Crippen LogP contribution in [0.3, 0.4) is 0 Å². The molecule has 222 valence electrons. The zero-order valence-electron chi connectivity index (χ0n) is 28.2. The fourth-order valence-electron chi connectivity index (χ4n) is 6.62. The topological polar surface area (TPSA) is 51.8 Å². The van der Waals surface area contributed by atoms with E-state index in [0.717, 1.165) is 21.9 Å². The number of nitrogens with zero attached hydrogens (tertiary/aromatic N) is 3. The fourth-order valence-corrected chi connectivity index (χ4v) is 6.62. The maximum absolute atomic E-state index is 6.38. The predicted molar refractivity (Wildman–Crippen MR) is 228 cm³/mol. The summed E-state index contributed by atoms with van der Waals surface area (Å²) < 4.78 is 6.38. The Morgan fingerprint density at radius 3 is 1.38 bits per heavy atom. The highest BCUT2D eigenvalue weighted by Gasteiger charge is 2.20. The molecule has 53 heavy (non-hydrogen) atoms. The van der Waals surface area contributed by atoms with Crippen molar-refractivity contribution in [2.24, 2.45) is 0 Å². The van der Waals surface area contributed by atoms with Gasteiger partial charge in [0.1, 0.15) is 89.6 Å². The smallest absolute Gasteiger partial charge is 0.164 e. The number of benzene rings is 6. The number of aromatic nitrogens is 3. The van der Waals surface area contributed by atoms with Crippen LogP contribution in [0, 0.1) is 0 Å². The molecule has 20 radical (unpaired) electrons. The minimum Gasteiger partial charge on any atom is -0.456 e. The Balaban J connectivity index is 1.28. The third kappa shape index (κ3) is 5.74. The Bertz CT molecular complexity index is 2730. The van der Waals surface area contributed by atoms with Gasteiger partial charge in [-0.2, -0.15) is 0 Å². The van der Waals surface area contributed by atoms with E-state index in [4.69, 9.17) is 97.8 Å². The van der Waals surface area contributed by atoms with Gasteiger partial charge in [-0.05, 0) is 40.5 Å². The first-order chi connectivity index (χ1) is 25.4. The summed E-state index contributed by atoms with van der Waals surface area (Å²) in [5, 5.41) is 1.62. The highest BCUT2D eigenvalue weighted by Crippen LogP contribution is 2.38. The minimum atomic E-state index is 0.146. The lowest BCUT2D eigenvalue weighted by Gasteiger charge is -2.21. The summed E-state index contributed by atoms with van der Waals surface area (Å²) in [4.78, 5) is 14.8. The second kappa shape index (κ2) is 13.3. The molecule has 0 aliphatic carbocycles. The first kappa shape index (κ1) is 34.8. The fraction of sp³-hybridized carbons (Fsp3) is 0. The molecule has 0 bridgehead atoms. The van der Waals surface area contributed by atoms with Crippen molar-refractivity contribution in [1.82, 2.24) is 15.0 Å². The van der Waals surface area contributed by atoms with Crippen LogP contribution in [0.4, 0.5) is 0 Å². The zero-order valence-corrected chi connectivity index (χ0v) is 28.2. The van der Waals surface area contributed by atoms with Crippen LogP contribution >= 0.6 is 0 Å². The summed E-state index contributed by atoms with van der Waals surface area (Å²) in [6, 6.07) is 28.5. The van der Waals surface area contributed by atoms with Crippen LogP contribution in [0.2, 0.25) is 0 Å². The lowest BCUT2D eigenvalue weighted by Crippen LogP contribution is -2.55. The van der Waals surface area contributed by atoms with E-state index < -0.39 is 0 Å². The van der Waals surface area contributed by atoms with Crippen LogP contribution in [-0.2, 0) is 0 Å². The quantitative estimate of drug-likeness (QED) is 0.204. The van der Waals surface area contributed by atoms with Crippen molar-refractivity contribution in [2.45, 2.75) is 0 Å². The van der Waals surface area contributed by atoms with Gasteiger partial charge in [-0.1, -0.05) is 94.6 Å². The maximum atomic E-state index is 6.38. The van der Waals surface area contributed by atoms with E-state index in [1.165, 1.54) is 0 Å². The summed E-state index contributed by atoms with van der Waals surface area (Å²) in [5.74, 6) is 1.36. The molecule has 0 saturated heterocycles. The Labute approximate surface area is 320 Å². The first-order valence-electron chi connectivity index (χ1n) is 16.4. The molecule has 2 aromatic heterocycles. The van der Waals surface area contributed by atoms with Crippen molar-refractivity contribution >= 4 is 155 Å². The van der Waals surface area contributed by atoms with E-state index in [-0.39, 0.29) is 54.6 Å². The second-order valence-electron chi connectivity index (χ2n) is 12.6. The standard InChI is InChI=1S/C39H15B10N3O/c40-27-24(28(41)32(45)35(48)31(27)44)16-9-11-18(12-10-16)38-50-37(17-5-2-1-3-6-17)51-39(52-38)21-7-4-8-22-26(21)20-14-13-19(15-23(20)53-22)25-29(42)33(46)36(49)34(47)30(25)43/h1-15H. The van der Waals surface area contributed by atoms with Crippen molar-refractivity contribution in [1.29, 1.82) is 0 Å². The lowest BCUT2D eigenvalue weighted by atomic mass is 9.59. The molecule has 4 nitrogen and oxygen atoms in total. The molecular weight excluding hydrogens is 635 g/mol. The number of fused-ring (bicyclic) bond motifs is 3. The molecule has 2 heterocycles.